The van der Waals surface area contributed by atoms with E-state index < -0.39 is 0 Å². The third-order valence-corrected chi connectivity index (χ3v) is 2.22. The van der Waals surface area contributed by atoms with Gasteiger partial charge in [-0.15, -0.1) is 0 Å². The minimum atomic E-state index is -0.269. The van der Waals surface area contributed by atoms with Crippen molar-refractivity contribution in [2.24, 2.45) is 0 Å². The van der Waals surface area contributed by atoms with Crippen LogP contribution in [0.3, 0.4) is 0 Å². The number of nitriles is 1. The van der Waals surface area contributed by atoms with Crippen LogP contribution in [0.1, 0.15) is 16.1 Å². The first-order valence-electron chi connectivity index (χ1n) is 4.68. The number of hydrogen-bond donors (Lipinski definition) is 1. The minimum absolute atomic E-state index is 0. The van der Waals surface area contributed by atoms with Crippen molar-refractivity contribution in [1.82, 2.24) is 14.9 Å². The summed E-state index contributed by atoms with van der Waals surface area (Å²) >= 11 is 0. The number of nitrogens with zero attached hydrogens (tertiary/aromatic N) is 3. The Bertz CT molecular complexity index is 585. The number of carbonyl (C=O) groups excluding carboxylic acids is 1. The molecule has 1 N–H and O–H groups in total. The number of aromatic nitrogens is 2. The molecule has 0 fully saturated rings. The zero-order valence-electron chi connectivity index (χ0n) is 9.05. The van der Waals surface area contributed by atoms with Crippen LogP contribution in [0.2, 0.25) is 0 Å². The van der Waals surface area contributed by atoms with Crippen molar-refractivity contribution < 1.29 is 37.5 Å². The maximum Gasteiger partial charge on any atom is 0.224 e. The molecule has 83 valence electrons. The Kier molecular flexibility index (Phi) is 4.79. The molecule has 0 saturated carbocycles. The maximum absolute atomic E-state index is 11.5. The summed E-state index contributed by atoms with van der Waals surface area (Å²) in [6, 6.07) is 7.16. The summed E-state index contributed by atoms with van der Waals surface area (Å²) in [4.78, 5) is 11.5. The van der Waals surface area contributed by atoms with E-state index in [-0.39, 0.29) is 45.0 Å². The minimum Gasteiger partial charge on any atom is -0.504 e. The van der Waals surface area contributed by atoms with Crippen LogP contribution in [0, 0.1) is 18.4 Å². The van der Waals surface area contributed by atoms with Gasteiger partial charge in [-0.05, 0) is 18.2 Å². The Labute approximate surface area is 124 Å². The Morgan fingerprint density at radius 2 is 2.41 bits per heavy atom. The third kappa shape index (κ3) is 2.71. The van der Waals surface area contributed by atoms with E-state index in [2.05, 4.69) is 17.5 Å². The third-order valence-electron chi connectivity index (χ3n) is 2.22. The monoisotopic (exact) mass is 302 g/mol. The molecule has 0 aliphatic carbocycles. The van der Waals surface area contributed by atoms with Gasteiger partial charge in [-0.2, -0.15) is 10.4 Å². The Balaban J connectivity index is 0.00000144. The average molecular weight is 302 g/mol. The van der Waals surface area contributed by atoms with Crippen LogP contribution < -0.4 is 5.32 Å². The first-order valence-corrected chi connectivity index (χ1v) is 4.68. The van der Waals surface area contributed by atoms with Crippen molar-refractivity contribution in [1.29, 1.82) is 5.26 Å². The number of fused-ring (bicyclic) bond motifs is 1. The van der Waals surface area contributed by atoms with E-state index in [1.165, 1.54) is 0 Å². The molecular formula is C11H9N4OY-. The zero-order valence-corrected chi connectivity index (χ0v) is 11.9. The van der Waals surface area contributed by atoms with Gasteiger partial charge in [0.1, 0.15) is 0 Å². The second-order valence-corrected chi connectivity index (χ2v) is 3.23. The van der Waals surface area contributed by atoms with E-state index in [1.54, 1.807) is 28.9 Å². The number of hydrogen-bond acceptors (Lipinski definition) is 3. The fourth-order valence-corrected chi connectivity index (χ4v) is 1.52. The van der Waals surface area contributed by atoms with Crippen LogP contribution in [0.15, 0.2) is 24.4 Å². The molecule has 0 atom stereocenters. The molecule has 17 heavy (non-hydrogen) atoms. The van der Waals surface area contributed by atoms with Crippen LogP contribution in [-0.2, 0) is 39.1 Å². The number of carbonyl (C=O) groups is 1. The molecule has 2 aromatic heterocycles. The second-order valence-electron chi connectivity index (χ2n) is 3.23. The SMILES string of the molecule is [CH2-]NC(=O)c1cccn2nc(CC#N)cc12.[Y]. The quantitative estimate of drug-likeness (QED) is 0.839. The Hall–Kier alpha value is -1.25. The van der Waals surface area contributed by atoms with Gasteiger partial charge in [0.25, 0.3) is 0 Å². The summed E-state index contributed by atoms with van der Waals surface area (Å²) in [6.07, 6.45) is 1.96. The number of rotatable bonds is 2. The topological polar surface area (TPSA) is 70.2 Å². The molecule has 0 spiro atoms. The van der Waals surface area contributed by atoms with Gasteiger partial charge in [0.15, 0.2) is 0 Å². The summed E-state index contributed by atoms with van der Waals surface area (Å²) in [6.45, 7) is 0. The van der Waals surface area contributed by atoms with Gasteiger partial charge < -0.3 is 5.32 Å². The zero-order chi connectivity index (χ0) is 11.5. The van der Waals surface area contributed by atoms with E-state index >= 15 is 0 Å². The molecular weight excluding hydrogens is 293 g/mol. The van der Waals surface area contributed by atoms with Gasteiger partial charge in [0.2, 0.25) is 5.91 Å². The molecule has 1 amide bonds. The molecule has 0 aromatic carbocycles. The Morgan fingerprint density at radius 1 is 1.65 bits per heavy atom. The summed E-state index contributed by atoms with van der Waals surface area (Å²) in [5, 5.41) is 15.1. The van der Waals surface area contributed by atoms with E-state index in [9.17, 15) is 4.79 Å². The van der Waals surface area contributed by atoms with Crippen LogP contribution in [-0.4, -0.2) is 15.5 Å². The molecule has 6 heteroatoms. The van der Waals surface area contributed by atoms with Crippen molar-refractivity contribution >= 4 is 11.4 Å². The van der Waals surface area contributed by atoms with Crippen LogP contribution in [0.25, 0.3) is 5.52 Å². The maximum atomic E-state index is 11.5. The van der Waals surface area contributed by atoms with E-state index in [1.807, 2.05) is 6.07 Å². The summed E-state index contributed by atoms with van der Waals surface area (Å²) in [5.74, 6) is -0.269. The van der Waals surface area contributed by atoms with Crippen LogP contribution in [0.5, 0.6) is 0 Å². The van der Waals surface area contributed by atoms with Gasteiger partial charge in [0, 0.05) is 38.9 Å². The molecule has 2 aromatic rings. The molecule has 0 aliphatic rings. The van der Waals surface area contributed by atoms with Gasteiger partial charge in [0.05, 0.1) is 29.3 Å². The molecule has 0 aliphatic heterocycles. The molecule has 0 bridgehead atoms. The fourth-order valence-electron chi connectivity index (χ4n) is 1.52. The second kappa shape index (κ2) is 5.90. The standard InChI is InChI=1S/C11H9N4O.Y/c1-13-11(16)9-3-2-6-15-10(9)7-8(14-15)4-5-12;/h2-3,6-7H,1,4H2,(H,13,16);/q-1;. The van der Waals surface area contributed by atoms with Crippen LogP contribution in [0.4, 0.5) is 0 Å². The average Bonchev–Trinajstić information content (AvgIpc) is 2.70. The van der Waals surface area contributed by atoms with Crippen molar-refractivity contribution in [3.8, 4) is 6.07 Å². The molecule has 0 unspecified atom stereocenters. The predicted octanol–water partition coefficient (Wildman–Crippen LogP) is 0.919. The van der Waals surface area contributed by atoms with Crippen molar-refractivity contribution in [3.63, 3.8) is 0 Å². The molecule has 0 saturated heterocycles. The largest absolute Gasteiger partial charge is 0.504 e. The molecule has 1 radical (unpaired) electrons. The summed E-state index contributed by atoms with van der Waals surface area (Å²) < 4.78 is 1.58. The Morgan fingerprint density at radius 3 is 3.06 bits per heavy atom. The van der Waals surface area contributed by atoms with Crippen molar-refractivity contribution in [2.45, 2.75) is 6.42 Å². The van der Waals surface area contributed by atoms with E-state index in [0.29, 0.717) is 16.8 Å². The molecule has 2 rings (SSSR count). The first-order chi connectivity index (χ1) is 7.76. The van der Waals surface area contributed by atoms with Crippen molar-refractivity contribution in [3.05, 3.63) is 42.7 Å². The summed E-state index contributed by atoms with van der Waals surface area (Å²) in [5.41, 5.74) is 1.81. The fraction of sp³-hybridized carbons (Fsp3) is 0.0909. The van der Waals surface area contributed by atoms with Gasteiger partial charge in [-0.25, -0.2) is 4.52 Å². The normalized spacial score (nSPS) is 9.41. The van der Waals surface area contributed by atoms with Crippen LogP contribution >= 0.6 is 0 Å². The number of pyridine rings is 1. The number of nitrogens with one attached hydrogen (secondary N) is 1. The van der Waals surface area contributed by atoms with Gasteiger partial charge in [-0.3, -0.25) is 11.8 Å². The first kappa shape index (κ1) is 13.8. The smallest absolute Gasteiger partial charge is 0.224 e. The van der Waals surface area contributed by atoms with Gasteiger partial charge in [-0.1, -0.05) is 0 Å². The molecule has 5 nitrogen and oxygen atoms in total. The van der Waals surface area contributed by atoms with Crippen molar-refractivity contribution in [2.75, 3.05) is 0 Å². The van der Waals surface area contributed by atoms with E-state index in [0.717, 1.165) is 0 Å². The van der Waals surface area contributed by atoms with Gasteiger partial charge >= 0.3 is 0 Å². The number of amides is 1. The van der Waals surface area contributed by atoms with E-state index in [4.69, 9.17) is 5.26 Å². The molecule has 2 heterocycles. The predicted molar refractivity (Wildman–Crippen MR) is 57.3 cm³/mol. The summed E-state index contributed by atoms with van der Waals surface area (Å²) in [7, 11) is 3.33.